The Morgan fingerprint density at radius 1 is 1.47 bits per heavy atom. The molecule has 5 heteroatoms. The van der Waals surface area contributed by atoms with Crippen LogP contribution in [0.1, 0.15) is 13.8 Å². The molecule has 0 saturated carbocycles. The third-order valence-corrected chi connectivity index (χ3v) is 1.51. The zero-order chi connectivity index (χ0) is 11.4. The van der Waals surface area contributed by atoms with Crippen molar-refractivity contribution in [1.82, 2.24) is 0 Å². The SMILES string of the molecule is CC(C)OC(=O)Nc1cc(N)cc(F)c1. The van der Waals surface area contributed by atoms with Crippen molar-refractivity contribution in [2.24, 2.45) is 0 Å². The van der Waals surface area contributed by atoms with Crippen molar-refractivity contribution in [2.75, 3.05) is 11.1 Å². The van der Waals surface area contributed by atoms with Crippen molar-refractivity contribution < 1.29 is 13.9 Å². The number of nitrogens with two attached hydrogens (primary N) is 1. The zero-order valence-electron chi connectivity index (χ0n) is 8.58. The van der Waals surface area contributed by atoms with Crippen LogP contribution in [0, 0.1) is 5.82 Å². The number of hydrogen-bond acceptors (Lipinski definition) is 3. The van der Waals surface area contributed by atoms with Crippen molar-refractivity contribution in [1.29, 1.82) is 0 Å². The molecule has 3 N–H and O–H groups in total. The fraction of sp³-hybridized carbons (Fsp3) is 0.300. The van der Waals surface area contributed by atoms with Crippen LogP contribution >= 0.6 is 0 Å². The average molecular weight is 212 g/mol. The minimum absolute atomic E-state index is 0.226. The molecule has 82 valence electrons. The van der Waals surface area contributed by atoms with Gasteiger partial charge in [-0.25, -0.2) is 9.18 Å². The quantitative estimate of drug-likeness (QED) is 0.739. The van der Waals surface area contributed by atoms with E-state index in [4.69, 9.17) is 10.5 Å². The average Bonchev–Trinajstić information content (AvgIpc) is 1.98. The van der Waals surface area contributed by atoms with Gasteiger partial charge in [-0.1, -0.05) is 0 Å². The summed E-state index contributed by atoms with van der Waals surface area (Å²) in [4.78, 5) is 11.1. The third-order valence-electron chi connectivity index (χ3n) is 1.51. The lowest BCUT2D eigenvalue weighted by atomic mass is 10.3. The number of ether oxygens (including phenoxy) is 1. The van der Waals surface area contributed by atoms with Crippen LogP contribution in [-0.4, -0.2) is 12.2 Å². The van der Waals surface area contributed by atoms with E-state index in [1.54, 1.807) is 13.8 Å². The first kappa shape index (κ1) is 11.3. The second-order valence-corrected chi connectivity index (χ2v) is 3.35. The second kappa shape index (κ2) is 4.63. The standard InChI is InChI=1S/C10H13FN2O2/c1-6(2)15-10(14)13-9-4-7(11)3-8(12)5-9/h3-6H,12H2,1-2H3,(H,13,14). The molecule has 0 saturated heterocycles. The second-order valence-electron chi connectivity index (χ2n) is 3.35. The van der Waals surface area contributed by atoms with Crippen molar-refractivity contribution in [3.63, 3.8) is 0 Å². The molecule has 0 radical (unpaired) electrons. The molecule has 0 fully saturated rings. The number of nitrogens with one attached hydrogen (secondary N) is 1. The molecule has 1 aromatic rings. The number of carbonyl (C=O) groups excluding carboxylic acids is 1. The lowest BCUT2D eigenvalue weighted by Gasteiger charge is -2.09. The Bertz CT molecular complexity index is 346. The number of hydrogen-bond donors (Lipinski definition) is 2. The van der Waals surface area contributed by atoms with E-state index in [0.29, 0.717) is 0 Å². The summed E-state index contributed by atoms with van der Waals surface area (Å²) in [5.41, 5.74) is 5.93. The normalized spacial score (nSPS) is 10.1. The molecular formula is C10H13FN2O2. The first-order valence-electron chi connectivity index (χ1n) is 4.51. The maximum absolute atomic E-state index is 12.9. The molecule has 0 bridgehead atoms. The molecule has 0 aromatic heterocycles. The molecule has 0 aliphatic rings. The van der Waals surface area contributed by atoms with Crippen LogP contribution in [0.2, 0.25) is 0 Å². The van der Waals surface area contributed by atoms with E-state index >= 15 is 0 Å². The minimum Gasteiger partial charge on any atom is -0.447 e. The fourth-order valence-corrected chi connectivity index (χ4v) is 1.05. The monoisotopic (exact) mass is 212 g/mol. The molecule has 0 atom stereocenters. The summed E-state index contributed by atoms with van der Waals surface area (Å²) < 4.78 is 17.7. The van der Waals surface area contributed by atoms with Crippen molar-refractivity contribution in [3.05, 3.63) is 24.0 Å². The third kappa shape index (κ3) is 3.84. The summed E-state index contributed by atoms with van der Waals surface area (Å²) >= 11 is 0. The summed E-state index contributed by atoms with van der Waals surface area (Å²) in [6, 6.07) is 3.78. The van der Waals surface area contributed by atoms with Crippen LogP contribution in [-0.2, 0) is 4.74 Å². The van der Waals surface area contributed by atoms with E-state index < -0.39 is 11.9 Å². The van der Waals surface area contributed by atoms with Gasteiger partial charge < -0.3 is 10.5 Å². The topological polar surface area (TPSA) is 64.3 Å². The van der Waals surface area contributed by atoms with E-state index in [-0.39, 0.29) is 17.5 Å². The van der Waals surface area contributed by atoms with Gasteiger partial charge in [-0.2, -0.15) is 0 Å². The highest BCUT2D eigenvalue weighted by atomic mass is 19.1. The molecule has 0 spiro atoms. The summed E-state index contributed by atoms with van der Waals surface area (Å²) in [7, 11) is 0. The van der Waals surface area contributed by atoms with E-state index in [0.717, 1.165) is 6.07 Å². The first-order chi connectivity index (χ1) is 6.97. The van der Waals surface area contributed by atoms with E-state index in [2.05, 4.69) is 5.32 Å². The van der Waals surface area contributed by atoms with Gasteiger partial charge in [0.1, 0.15) is 5.82 Å². The van der Waals surface area contributed by atoms with E-state index in [1.165, 1.54) is 12.1 Å². The molecule has 0 unspecified atom stereocenters. The number of nitrogen functional groups attached to an aromatic ring is 1. The van der Waals surface area contributed by atoms with Gasteiger partial charge in [-0.15, -0.1) is 0 Å². The molecule has 15 heavy (non-hydrogen) atoms. The molecule has 4 nitrogen and oxygen atoms in total. The number of halogens is 1. The maximum atomic E-state index is 12.9. The van der Waals surface area contributed by atoms with Crippen LogP contribution in [0.3, 0.4) is 0 Å². The summed E-state index contributed by atoms with van der Waals surface area (Å²) in [6.07, 6.45) is -0.856. The molecule has 1 rings (SSSR count). The van der Waals surface area contributed by atoms with Gasteiger partial charge in [-0.3, -0.25) is 5.32 Å². The van der Waals surface area contributed by atoms with Crippen LogP contribution in [0.4, 0.5) is 20.6 Å². The van der Waals surface area contributed by atoms with Gasteiger partial charge in [0.15, 0.2) is 0 Å². The Hall–Kier alpha value is -1.78. The smallest absolute Gasteiger partial charge is 0.411 e. The number of amides is 1. The Kier molecular flexibility index (Phi) is 3.49. The van der Waals surface area contributed by atoms with E-state index in [9.17, 15) is 9.18 Å². The largest absolute Gasteiger partial charge is 0.447 e. The van der Waals surface area contributed by atoms with Crippen LogP contribution in [0.25, 0.3) is 0 Å². The minimum atomic E-state index is -0.630. The van der Waals surface area contributed by atoms with Gasteiger partial charge in [0.05, 0.1) is 6.10 Å². The predicted octanol–water partition coefficient (Wildman–Crippen LogP) is 2.36. The predicted molar refractivity (Wildman–Crippen MR) is 56.1 cm³/mol. The van der Waals surface area contributed by atoms with Gasteiger partial charge in [-0.05, 0) is 32.0 Å². The van der Waals surface area contributed by atoms with Crippen LogP contribution < -0.4 is 11.1 Å². The van der Waals surface area contributed by atoms with Crippen molar-refractivity contribution >= 4 is 17.5 Å². The Balaban J connectivity index is 2.68. The number of carbonyl (C=O) groups is 1. The highest BCUT2D eigenvalue weighted by Gasteiger charge is 2.06. The summed E-state index contributed by atoms with van der Waals surface area (Å²) in [5.74, 6) is -0.505. The highest BCUT2D eigenvalue weighted by molar-refractivity contribution is 5.85. The molecule has 0 aliphatic carbocycles. The van der Waals surface area contributed by atoms with Crippen LogP contribution in [0.15, 0.2) is 18.2 Å². The van der Waals surface area contributed by atoms with Gasteiger partial charge in [0.25, 0.3) is 0 Å². The molecular weight excluding hydrogens is 199 g/mol. The van der Waals surface area contributed by atoms with Gasteiger partial charge >= 0.3 is 6.09 Å². The summed E-state index contributed by atoms with van der Waals surface area (Å²) in [6.45, 7) is 3.44. The zero-order valence-corrected chi connectivity index (χ0v) is 8.58. The first-order valence-corrected chi connectivity index (χ1v) is 4.51. The Labute approximate surface area is 87.2 Å². The molecule has 1 amide bonds. The number of anilines is 2. The lowest BCUT2D eigenvalue weighted by Crippen LogP contribution is -2.18. The Morgan fingerprint density at radius 2 is 2.13 bits per heavy atom. The van der Waals surface area contributed by atoms with Crippen molar-refractivity contribution in [3.8, 4) is 0 Å². The number of benzene rings is 1. The lowest BCUT2D eigenvalue weighted by molar-refractivity contribution is 0.130. The summed E-state index contributed by atoms with van der Waals surface area (Å²) in [5, 5.41) is 2.37. The van der Waals surface area contributed by atoms with Crippen molar-refractivity contribution in [2.45, 2.75) is 20.0 Å². The van der Waals surface area contributed by atoms with E-state index in [1.807, 2.05) is 0 Å². The molecule has 0 aliphatic heterocycles. The number of rotatable bonds is 2. The highest BCUT2D eigenvalue weighted by Crippen LogP contribution is 2.15. The Morgan fingerprint density at radius 3 is 2.67 bits per heavy atom. The van der Waals surface area contributed by atoms with Gasteiger partial charge in [0, 0.05) is 11.4 Å². The molecule has 1 aromatic carbocycles. The maximum Gasteiger partial charge on any atom is 0.411 e. The molecule has 0 heterocycles. The van der Waals surface area contributed by atoms with Gasteiger partial charge in [0.2, 0.25) is 0 Å². The fourth-order valence-electron chi connectivity index (χ4n) is 1.05. The van der Waals surface area contributed by atoms with Crippen LogP contribution in [0.5, 0.6) is 0 Å².